The van der Waals surface area contributed by atoms with Gasteiger partial charge < -0.3 is 5.11 Å². The lowest BCUT2D eigenvalue weighted by molar-refractivity contribution is 0.0698. The summed E-state index contributed by atoms with van der Waals surface area (Å²) in [6.07, 6.45) is 0. The predicted octanol–water partition coefficient (Wildman–Crippen LogP) is 6.98. The van der Waals surface area contributed by atoms with Gasteiger partial charge in [-0.2, -0.15) is 0 Å². The Morgan fingerprint density at radius 3 is 2.20 bits per heavy atom. The van der Waals surface area contributed by atoms with Crippen molar-refractivity contribution in [3.05, 3.63) is 102 Å². The van der Waals surface area contributed by atoms with Crippen LogP contribution in [0.25, 0.3) is 27.5 Å². The molecule has 0 fully saturated rings. The Kier molecular flexibility index (Phi) is 6.50. The fourth-order valence-corrected chi connectivity index (χ4v) is 5.14. The number of carboxylic acids is 1. The average molecular weight is 486 g/mol. The summed E-state index contributed by atoms with van der Waals surface area (Å²) in [5.41, 5.74) is 4.38. The predicted molar refractivity (Wildman–Crippen MR) is 142 cm³/mol. The molecule has 0 radical (unpaired) electrons. The molecule has 0 unspecified atom stereocenters. The van der Waals surface area contributed by atoms with Crippen LogP contribution in [0, 0.1) is 12.8 Å². The van der Waals surface area contributed by atoms with Crippen LogP contribution in [0.15, 0.2) is 90.3 Å². The molecule has 0 saturated heterocycles. The van der Waals surface area contributed by atoms with Crippen LogP contribution in [-0.2, 0) is 10.0 Å². The SMILES string of the molecule is C=C(c1ccc(S(=O)(=O)Nc2cc(-c3ccc(C)c4ccccc34)ccc2C(=O)O)cc1)C(C)C. The Balaban J connectivity index is 1.76. The van der Waals surface area contributed by atoms with E-state index in [4.69, 9.17) is 0 Å². The summed E-state index contributed by atoms with van der Waals surface area (Å²) in [5.74, 6) is -0.985. The molecule has 0 spiro atoms. The molecule has 0 saturated carbocycles. The Labute approximate surface area is 205 Å². The average Bonchev–Trinajstić information content (AvgIpc) is 2.83. The molecule has 4 aromatic carbocycles. The highest BCUT2D eigenvalue weighted by Crippen LogP contribution is 2.34. The summed E-state index contributed by atoms with van der Waals surface area (Å²) in [5, 5.41) is 11.8. The smallest absolute Gasteiger partial charge is 0.337 e. The number of aromatic carboxylic acids is 1. The topological polar surface area (TPSA) is 83.5 Å². The van der Waals surface area contributed by atoms with Gasteiger partial charge in [0, 0.05) is 0 Å². The molecule has 0 aromatic heterocycles. The molecular weight excluding hydrogens is 458 g/mol. The first-order valence-electron chi connectivity index (χ1n) is 11.3. The minimum absolute atomic E-state index is 0.00956. The van der Waals surface area contributed by atoms with Gasteiger partial charge in [-0.1, -0.05) is 75.0 Å². The molecule has 0 aliphatic carbocycles. The molecule has 0 atom stereocenters. The first-order chi connectivity index (χ1) is 16.6. The zero-order chi connectivity index (χ0) is 25.3. The molecule has 4 aromatic rings. The van der Waals surface area contributed by atoms with Crippen LogP contribution in [0.3, 0.4) is 0 Å². The van der Waals surface area contributed by atoms with Crippen molar-refractivity contribution in [1.82, 2.24) is 0 Å². The molecule has 0 aliphatic heterocycles. The second-order valence-corrected chi connectivity index (χ2v) is 10.5. The zero-order valence-electron chi connectivity index (χ0n) is 19.9. The van der Waals surface area contributed by atoms with Crippen molar-refractivity contribution in [2.24, 2.45) is 5.92 Å². The molecular formula is C29H27NO4S. The largest absolute Gasteiger partial charge is 0.478 e. The van der Waals surface area contributed by atoms with Gasteiger partial charge in [-0.05, 0) is 75.7 Å². The van der Waals surface area contributed by atoms with Crippen molar-refractivity contribution in [2.45, 2.75) is 25.7 Å². The fourth-order valence-electron chi connectivity index (χ4n) is 4.07. The van der Waals surface area contributed by atoms with Crippen molar-refractivity contribution in [3.63, 3.8) is 0 Å². The molecule has 5 nitrogen and oxygen atoms in total. The number of carboxylic acid groups (broad SMARTS) is 1. The number of aryl methyl sites for hydroxylation is 1. The number of hydrogen-bond acceptors (Lipinski definition) is 3. The number of sulfonamides is 1. The van der Waals surface area contributed by atoms with Crippen LogP contribution < -0.4 is 4.72 Å². The molecule has 178 valence electrons. The fraction of sp³-hybridized carbons (Fsp3) is 0.138. The maximum atomic E-state index is 13.2. The number of anilines is 1. The van der Waals surface area contributed by atoms with E-state index in [0.29, 0.717) is 5.56 Å². The van der Waals surface area contributed by atoms with E-state index in [1.165, 1.54) is 18.2 Å². The third-order valence-corrected chi connectivity index (χ3v) is 7.56. The molecule has 6 heteroatoms. The lowest BCUT2D eigenvalue weighted by Crippen LogP contribution is -2.15. The first kappa shape index (κ1) is 24.2. The highest BCUT2D eigenvalue weighted by atomic mass is 32.2. The van der Waals surface area contributed by atoms with Crippen LogP contribution in [0.2, 0.25) is 0 Å². The van der Waals surface area contributed by atoms with Gasteiger partial charge in [0.1, 0.15) is 0 Å². The van der Waals surface area contributed by atoms with Crippen molar-refractivity contribution in [1.29, 1.82) is 0 Å². The lowest BCUT2D eigenvalue weighted by Gasteiger charge is -2.15. The number of rotatable bonds is 7. The number of hydrogen-bond donors (Lipinski definition) is 2. The highest BCUT2D eigenvalue weighted by molar-refractivity contribution is 7.92. The highest BCUT2D eigenvalue weighted by Gasteiger charge is 2.20. The Hall–Kier alpha value is -3.90. The van der Waals surface area contributed by atoms with E-state index < -0.39 is 16.0 Å². The van der Waals surface area contributed by atoms with Crippen LogP contribution in [0.5, 0.6) is 0 Å². The minimum atomic E-state index is -4.02. The van der Waals surface area contributed by atoms with Crippen molar-refractivity contribution in [2.75, 3.05) is 4.72 Å². The Morgan fingerprint density at radius 2 is 1.57 bits per heavy atom. The maximum Gasteiger partial charge on any atom is 0.337 e. The standard InChI is InChI=1S/C29H27NO4S/c1-18(2)20(4)21-10-13-23(14-11-21)35(33,34)30-28-17-22(12-16-27(28)29(31)32)25-15-9-19(3)24-7-5-6-8-26(24)25/h5-18,30H,4H2,1-3H3,(H,31,32). The van der Waals surface area contributed by atoms with Crippen molar-refractivity contribution < 1.29 is 18.3 Å². The maximum absolute atomic E-state index is 13.2. The van der Waals surface area contributed by atoms with Crippen LogP contribution in [0.4, 0.5) is 5.69 Å². The van der Waals surface area contributed by atoms with Crippen LogP contribution in [-0.4, -0.2) is 19.5 Å². The Bertz CT molecular complexity index is 1550. The van der Waals surface area contributed by atoms with Gasteiger partial charge in [-0.15, -0.1) is 0 Å². The van der Waals surface area contributed by atoms with Crippen molar-refractivity contribution >= 4 is 38.0 Å². The van der Waals surface area contributed by atoms with Gasteiger partial charge in [0.2, 0.25) is 0 Å². The van der Waals surface area contributed by atoms with Crippen LogP contribution >= 0.6 is 0 Å². The molecule has 35 heavy (non-hydrogen) atoms. The van der Waals surface area contributed by atoms with E-state index in [1.807, 2.05) is 57.2 Å². The van der Waals surface area contributed by atoms with E-state index in [-0.39, 0.29) is 22.1 Å². The third kappa shape index (κ3) is 4.84. The molecule has 0 amide bonds. The number of benzene rings is 4. The van der Waals surface area contributed by atoms with E-state index in [9.17, 15) is 18.3 Å². The number of fused-ring (bicyclic) bond motifs is 1. The van der Waals surface area contributed by atoms with Gasteiger partial charge in [0.25, 0.3) is 10.0 Å². The number of allylic oxidation sites excluding steroid dienone is 1. The molecule has 0 bridgehead atoms. The van der Waals surface area contributed by atoms with Gasteiger partial charge in [0.05, 0.1) is 16.1 Å². The Morgan fingerprint density at radius 1 is 0.914 bits per heavy atom. The summed E-state index contributed by atoms with van der Waals surface area (Å²) in [7, 11) is -4.02. The monoisotopic (exact) mass is 485 g/mol. The lowest BCUT2D eigenvalue weighted by atomic mass is 9.94. The van der Waals surface area contributed by atoms with Gasteiger partial charge in [0.15, 0.2) is 0 Å². The summed E-state index contributed by atoms with van der Waals surface area (Å²) < 4.78 is 28.8. The normalized spacial score (nSPS) is 11.5. The van der Waals surface area contributed by atoms with Gasteiger partial charge in [-0.3, -0.25) is 4.72 Å². The summed E-state index contributed by atoms with van der Waals surface area (Å²) in [6.45, 7) is 10.1. The van der Waals surface area contributed by atoms with Crippen LogP contribution in [0.1, 0.15) is 35.3 Å². The zero-order valence-corrected chi connectivity index (χ0v) is 20.7. The number of nitrogens with one attached hydrogen (secondary N) is 1. The van der Waals surface area contributed by atoms with Crippen molar-refractivity contribution in [3.8, 4) is 11.1 Å². The molecule has 2 N–H and O–H groups in total. The third-order valence-electron chi connectivity index (χ3n) is 6.18. The van der Waals surface area contributed by atoms with E-state index >= 15 is 0 Å². The van der Waals surface area contributed by atoms with E-state index in [0.717, 1.165) is 33.0 Å². The molecule has 0 heterocycles. The second-order valence-electron chi connectivity index (χ2n) is 8.85. The summed E-state index contributed by atoms with van der Waals surface area (Å²) in [4.78, 5) is 11.9. The number of carbonyl (C=O) groups is 1. The minimum Gasteiger partial charge on any atom is -0.478 e. The molecule has 0 aliphatic rings. The summed E-state index contributed by atoms with van der Waals surface area (Å²) >= 11 is 0. The van der Waals surface area contributed by atoms with Gasteiger partial charge in [-0.25, -0.2) is 13.2 Å². The molecule has 4 rings (SSSR count). The first-order valence-corrected chi connectivity index (χ1v) is 12.7. The summed E-state index contributed by atoms with van der Waals surface area (Å²) in [6, 6.07) is 23.0. The van der Waals surface area contributed by atoms with E-state index in [2.05, 4.69) is 11.3 Å². The van der Waals surface area contributed by atoms with Gasteiger partial charge >= 0.3 is 5.97 Å². The second kappa shape index (κ2) is 9.39. The quantitative estimate of drug-likeness (QED) is 0.296. The van der Waals surface area contributed by atoms with E-state index in [1.54, 1.807) is 24.3 Å².